The Bertz CT molecular complexity index is 1010. The van der Waals surface area contributed by atoms with Crippen molar-refractivity contribution >= 4 is 33.4 Å². The van der Waals surface area contributed by atoms with Crippen LogP contribution in [-0.2, 0) is 16.8 Å². The number of nitrogens with zero attached hydrogens (tertiary/aromatic N) is 3. The Morgan fingerprint density at radius 3 is 2.53 bits per heavy atom. The summed E-state index contributed by atoms with van der Waals surface area (Å²) in [6, 6.07) is 18.1. The summed E-state index contributed by atoms with van der Waals surface area (Å²) in [5.74, 6) is 0. The zero-order valence-electron chi connectivity index (χ0n) is 17.0. The maximum atomic E-state index is 13.1. The number of hydrogen-bond acceptors (Lipinski definition) is 5. The standard InChI is InChI=1S/C23H24BrN3O2S/c1-16(18-8-10-20(24)11-9-18)27-15-14-23(29-22(27)28,19-6-4-3-5-7-19)13-12-21-26-25-17(2)30-21/h3-11,16H,12-15H2,1-2H3/t16-,23?/m0/s1. The first-order chi connectivity index (χ1) is 14.5. The fourth-order valence-corrected chi connectivity index (χ4v) is 4.93. The number of carbonyl (C=O) groups is 1. The molecule has 2 aromatic carbocycles. The van der Waals surface area contributed by atoms with Crippen molar-refractivity contribution in [3.63, 3.8) is 0 Å². The lowest BCUT2D eigenvalue weighted by atomic mass is 9.84. The van der Waals surface area contributed by atoms with E-state index >= 15 is 0 Å². The third-order valence-corrected chi connectivity index (χ3v) is 7.13. The molecule has 1 unspecified atom stereocenters. The minimum Gasteiger partial charge on any atom is -0.438 e. The Hall–Kier alpha value is -2.25. The molecule has 156 valence electrons. The SMILES string of the molecule is Cc1nnc(CCC2(c3ccccc3)CCN([C@@H](C)c3ccc(Br)cc3)C(=O)O2)s1. The van der Waals surface area contributed by atoms with Crippen molar-refractivity contribution in [3.05, 3.63) is 80.2 Å². The summed E-state index contributed by atoms with van der Waals surface area (Å²) >= 11 is 5.07. The van der Waals surface area contributed by atoms with Crippen molar-refractivity contribution in [1.29, 1.82) is 0 Å². The highest BCUT2D eigenvalue weighted by molar-refractivity contribution is 9.10. The molecule has 1 fully saturated rings. The van der Waals surface area contributed by atoms with E-state index in [0.717, 1.165) is 38.5 Å². The van der Waals surface area contributed by atoms with Gasteiger partial charge in [-0.1, -0.05) is 58.4 Å². The maximum Gasteiger partial charge on any atom is 0.411 e. The molecule has 0 radical (unpaired) electrons. The summed E-state index contributed by atoms with van der Waals surface area (Å²) < 4.78 is 7.22. The minimum absolute atomic E-state index is 0.0508. The largest absolute Gasteiger partial charge is 0.438 e. The molecule has 0 saturated carbocycles. The molecule has 0 spiro atoms. The molecule has 30 heavy (non-hydrogen) atoms. The fraction of sp³-hybridized carbons (Fsp3) is 0.348. The topological polar surface area (TPSA) is 55.3 Å². The summed E-state index contributed by atoms with van der Waals surface area (Å²) in [6.07, 6.45) is 1.89. The van der Waals surface area contributed by atoms with E-state index in [9.17, 15) is 4.79 Å². The van der Waals surface area contributed by atoms with E-state index in [1.54, 1.807) is 11.3 Å². The van der Waals surface area contributed by atoms with Gasteiger partial charge < -0.3 is 9.64 Å². The number of benzene rings is 2. The number of carbonyl (C=O) groups excluding carboxylic acids is 1. The van der Waals surface area contributed by atoms with Gasteiger partial charge in [0.05, 0.1) is 6.04 Å². The summed E-state index contributed by atoms with van der Waals surface area (Å²) in [7, 11) is 0. The summed E-state index contributed by atoms with van der Waals surface area (Å²) in [5, 5.41) is 10.3. The molecule has 1 saturated heterocycles. The predicted molar refractivity (Wildman–Crippen MR) is 121 cm³/mol. The molecule has 7 heteroatoms. The molecule has 2 heterocycles. The van der Waals surface area contributed by atoms with Gasteiger partial charge in [-0.3, -0.25) is 0 Å². The van der Waals surface area contributed by atoms with E-state index in [2.05, 4.69) is 26.1 Å². The number of aromatic nitrogens is 2. The molecule has 0 N–H and O–H groups in total. The summed E-state index contributed by atoms with van der Waals surface area (Å²) in [4.78, 5) is 15.0. The molecular formula is C23H24BrN3O2S. The molecule has 0 aliphatic carbocycles. The first kappa shape index (κ1) is 21.0. The van der Waals surface area contributed by atoms with Gasteiger partial charge in [0.25, 0.3) is 0 Å². The minimum atomic E-state index is -0.645. The monoisotopic (exact) mass is 485 g/mol. The lowest BCUT2D eigenvalue weighted by molar-refractivity contribution is -0.0653. The van der Waals surface area contributed by atoms with Crippen molar-refractivity contribution in [2.24, 2.45) is 0 Å². The van der Waals surface area contributed by atoms with Crippen molar-refractivity contribution < 1.29 is 9.53 Å². The Morgan fingerprint density at radius 2 is 1.90 bits per heavy atom. The highest BCUT2D eigenvalue weighted by Crippen LogP contribution is 2.40. The van der Waals surface area contributed by atoms with E-state index in [0.29, 0.717) is 13.0 Å². The van der Waals surface area contributed by atoms with E-state index in [4.69, 9.17) is 4.74 Å². The first-order valence-electron chi connectivity index (χ1n) is 10.1. The number of amides is 1. The zero-order chi connectivity index (χ0) is 21.1. The molecule has 0 bridgehead atoms. The third kappa shape index (κ3) is 4.42. The Labute approximate surface area is 189 Å². The number of cyclic esters (lactones) is 1. The van der Waals surface area contributed by atoms with Crippen molar-refractivity contribution in [1.82, 2.24) is 15.1 Å². The number of hydrogen-bond donors (Lipinski definition) is 0. The maximum absolute atomic E-state index is 13.1. The normalized spacial score (nSPS) is 20.1. The van der Waals surface area contributed by atoms with Gasteiger partial charge in [-0.05, 0) is 43.5 Å². The lowest BCUT2D eigenvalue weighted by Gasteiger charge is -2.43. The van der Waals surface area contributed by atoms with Crippen molar-refractivity contribution in [2.45, 2.75) is 44.8 Å². The van der Waals surface area contributed by atoms with Gasteiger partial charge in [0.2, 0.25) is 0 Å². The number of rotatable bonds is 6. The van der Waals surface area contributed by atoms with Crippen LogP contribution in [0.15, 0.2) is 59.1 Å². The first-order valence-corrected chi connectivity index (χ1v) is 11.7. The summed E-state index contributed by atoms with van der Waals surface area (Å²) in [6.45, 7) is 4.64. The van der Waals surface area contributed by atoms with Gasteiger partial charge >= 0.3 is 6.09 Å². The Balaban J connectivity index is 1.55. The van der Waals surface area contributed by atoms with Gasteiger partial charge in [-0.15, -0.1) is 21.5 Å². The van der Waals surface area contributed by atoms with Crippen LogP contribution in [-0.4, -0.2) is 27.7 Å². The quantitative estimate of drug-likeness (QED) is 0.426. The van der Waals surface area contributed by atoms with Gasteiger partial charge in [-0.25, -0.2) is 4.79 Å². The van der Waals surface area contributed by atoms with Gasteiger partial charge in [0.1, 0.15) is 15.6 Å². The van der Waals surface area contributed by atoms with Crippen LogP contribution in [0.5, 0.6) is 0 Å². The van der Waals surface area contributed by atoms with E-state index < -0.39 is 5.60 Å². The zero-order valence-corrected chi connectivity index (χ0v) is 19.4. The van der Waals surface area contributed by atoms with Crippen LogP contribution >= 0.6 is 27.3 Å². The van der Waals surface area contributed by atoms with Gasteiger partial charge in [-0.2, -0.15) is 0 Å². The van der Waals surface area contributed by atoms with E-state index in [1.165, 1.54) is 0 Å². The molecule has 1 aliphatic heterocycles. The van der Waals surface area contributed by atoms with Crippen molar-refractivity contribution in [2.75, 3.05) is 6.54 Å². The fourth-order valence-electron chi connectivity index (χ4n) is 3.96. The van der Waals surface area contributed by atoms with Gasteiger partial charge in [0.15, 0.2) is 0 Å². The smallest absolute Gasteiger partial charge is 0.411 e. The molecule has 2 atom stereocenters. The number of halogens is 1. The van der Waals surface area contributed by atoms with Crippen molar-refractivity contribution in [3.8, 4) is 0 Å². The molecular weight excluding hydrogens is 462 g/mol. The average molecular weight is 486 g/mol. The second-order valence-corrected chi connectivity index (χ2v) is 9.80. The highest BCUT2D eigenvalue weighted by atomic mass is 79.9. The van der Waals surface area contributed by atoms with E-state index in [-0.39, 0.29) is 12.1 Å². The Kier molecular flexibility index (Phi) is 6.20. The molecule has 1 amide bonds. The van der Waals surface area contributed by atoms with Crippen LogP contribution in [0.25, 0.3) is 0 Å². The van der Waals surface area contributed by atoms with E-state index in [1.807, 2.05) is 73.3 Å². The van der Waals surface area contributed by atoms with Crippen LogP contribution in [0.3, 0.4) is 0 Å². The number of aryl methyl sites for hydroxylation is 2. The van der Waals surface area contributed by atoms with Crippen LogP contribution in [0, 0.1) is 6.92 Å². The van der Waals surface area contributed by atoms with Crippen LogP contribution in [0.1, 0.15) is 46.9 Å². The number of ether oxygens (including phenoxy) is 1. The van der Waals surface area contributed by atoms with Crippen LogP contribution in [0.2, 0.25) is 0 Å². The second-order valence-electron chi connectivity index (χ2n) is 7.61. The second kappa shape index (κ2) is 8.86. The Morgan fingerprint density at radius 1 is 1.17 bits per heavy atom. The average Bonchev–Trinajstić information content (AvgIpc) is 3.18. The molecule has 1 aromatic heterocycles. The predicted octanol–water partition coefficient (Wildman–Crippen LogP) is 6.04. The summed E-state index contributed by atoms with van der Waals surface area (Å²) in [5.41, 5.74) is 1.48. The third-order valence-electron chi connectivity index (χ3n) is 5.70. The molecule has 5 nitrogen and oxygen atoms in total. The molecule has 1 aliphatic rings. The lowest BCUT2D eigenvalue weighted by Crippen LogP contribution is -2.49. The molecule has 4 rings (SSSR count). The highest BCUT2D eigenvalue weighted by Gasteiger charge is 2.43. The molecule has 3 aromatic rings. The van der Waals surface area contributed by atoms with Crippen LogP contribution in [0.4, 0.5) is 4.79 Å². The van der Waals surface area contributed by atoms with Crippen LogP contribution < -0.4 is 0 Å². The van der Waals surface area contributed by atoms with Gasteiger partial charge in [0, 0.05) is 23.9 Å².